The van der Waals surface area contributed by atoms with Gasteiger partial charge in [0, 0.05) is 25.6 Å². The third-order valence-electron chi connectivity index (χ3n) is 3.29. The van der Waals surface area contributed by atoms with Crippen molar-refractivity contribution in [3.05, 3.63) is 46.8 Å². The second-order valence-electron chi connectivity index (χ2n) is 4.73. The van der Waals surface area contributed by atoms with E-state index in [9.17, 15) is 0 Å². The van der Waals surface area contributed by atoms with Crippen LogP contribution in [-0.4, -0.2) is 17.0 Å². The summed E-state index contributed by atoms with van der Waals surface area (Å²) in [5.41, 5.74) is 2.78. The molecule has 0 radical (unpaired) electrons. The molecule has 1 aromatic carbocycles. The largest absolute Gasteiger partial charge is 0.373 e. The monoisotopic (exact) mass is 281 g/mol. The molecule has 0 aliphatic carbocycles. The second-order valence-corrected chi connectivity index (χ2v) is 4.73. The van der Waals surface area contributed by atoms with Crippen LogP contribution < -0.4 is 10.6 Å². The first kappa shape index (κ1) is 14.8. The minimum atomic E-state index is 0.663. The quantitative estimate of drug-likeness (QED) is 0.881. The summed E-state index contributed by atoms with van der Waals surface area (Å²) in [6, 6.07) is 9.65. The molecule has 21 heavy (non-hydrogen) atoms. The molecule has 5 heteroatoms. The summed E-state index contributed by atoms with van der Waals surface area (Å²) in [6.45, 7) is 4.69. The molecular weight excluding hydrogens is 262 g/mol. The third-order valence-corrected chi connectivity index (χ3v) is 3.29. The SMILES string of the molecule is CCc1nc(NC)c(C)c(NCc2ccc(C#N)cc2)n1. The van der Waals surface area contributed by atoms with Crippen LogP contribution in [0.1, 0.15) is 29.4 Å². The summed E-state index contributed by atoms with van der Waals surface area (Å²) in [5, 5.41) is 15.2. The number of nitrogens with zero attached hydrogens (tertiary/aromatic N) is 3. The van der Waals surface area contributed by atoms with Gasteiger partial charge in [-0.1, -0.05) is 19.1 Å². The first-order valence-electron chi connectivity index (χ1n) is 6.96. The zero-order valence-corrected chi connectivity index (χ0v) is 12.6. The van der Waals surface area contributed by atoms with Gasteiger partial charge in [0.15, 0.2) is 0 Å². The molecule has 0 saturated carbocycles. The lowest BCUT2D eigenvalue weighted by molar-refractivity contribution is 0.924. The van der Waals surface area contributed by atoms with Crippen LogP contribution in [0.25, 0.3) is 0 Å². The van der Waals surface area contributed by atoms with E-state index in [0.717, 1.165) is 35.0 Å². The summed E-state index contributed by atoms with van der Waals surface area (Å²) in [4.78, 5) is 8.98. The summed E-state index contributed by atoms with van der Waals surface area (Å²) >= 11 is 0. The maximum atomic E-state index is 8.80. The van der Waals surface area contributed by atoms with E-state index in [-0.39, 0.29) is 0 Å². The van der Waals surface area contributed by atoms with Gasteiger partial charge in [-0.15, -0.1) is 0 Å². The van der Waals surface area contributed by atoms with Crippen LogP contribution in [0.2, 0.25) is 0 Å². The van der Waals surface area contributed by atoms with Crippen LogP contribution >= 0.6 is 0 Å². The number of nitrogens with one attached hydrogen (secondary N) is 2. The van der Waals surface area contributed by atoms with Crippen molar-refractivity contribution in [2.75, 3.05) is 17.7 Å². The van der Waals surface area contributed by atoms with Crippen LogP contribution in [0, 0.1) is 18.3 Å². The Labute approximate surface area is 125 Å². The Bertz CT molecular complexity index is 656. The van der Waals surface area contributed by atoms with E-state index in [1.54, 1.807) is 0 Å². The zero-order valence-electron chi connectivity index (χ0n) is 12.6. The Morgan fingerprint density at radius 3 is 2.38 bits per heavy atom. The molecule has 1 heterocycles. The van der Waals surface area contributed by atoms with Crippen molar-refractivity contribution in [1.82, 2.24) is 9.97 Å². The van der Waals surface area contributed by atoms with Gasteiger partial charge in [-0.05, 0) is 24.6 Å². The fourth-order valence-electron chi connectivity index (χ4n) is 2.02. The molecule has 2 rings (SSSR count). The molecule has 0 atom stereocenters. The number of benzene rings is 1. The fourth-order valence-corrected chi connectivity index (χ4v) is 2.02. The smallest absolute Gasteiger partial charge is 0.135 e. The van der Waals surface area contributed by atoms with Gasteiger partial charge in [-0.2, -0.15) is 5.26 Å². The molecule has 0 aliphatic rings. The van der Waals surface area contributed by atoms with Crippen LogP contribution in [0.3, 0.4) is 0 Å². The van der Waals surface area contributed by atoms with E-state index in [2.05, 4.69) is 26.7 Å². The number of nitriles is 1. The van der Waals surface area contributed by atoms with E-state index in [4.69, 9.17) is 5.26 Å². The Morgan fingerprint density at radius 1 is 1.14 bits per heavy atom. The molecule has 2 aromatic rings. The van der Waals surface area contributed by atoms with Gasteiger partial charge in [0.05, 0.1) is 11.6 Å². The van der Waals surface area contributed by atoms with Gasteiger partial charge in [-0.3, -0.25) is 0 Å². The van der Waals surface area contributed by atoms with Crippen molar-refractivity contribution in [1.29, 1.82) is 5.26 Å². The lowest BCUT2D eigenvalue weighted by atomic mass is 10.1. The lowest BCUT2D eigenvalue weighted by Gasteiger charge is -2.13. The topological polar surface area (TPSA) is 73.6 Å². The second kappa shape index (κ2) is 6.71. The Balaban J connectivity index is 2.17. The van der Waals surface area contributed by atoms with E-state index in [0.29, 0.717) is 12.1 Å². The van der Waals surface area contributed by atoms with Crippen LogP contribution in [-0.2, 0) is 13.0 Å². The highest BCUT2D eigenvalue weighted by atomic mass is 15.1. The van der Waals surface area contributed by atoms with E-state index in [1.807, 2.05) is 45.2 Å². The van der Waals surface area contributed by atoms with E-state index < -0.39 is 0 Å². The van der Waals surface area contributed by atoms with Crippen molar-refractivity contribution in [3.8, 4) is 6.07 Å². The summed E-state index contributed by atoms with van der Waals surface area (Å²) < 4.78 is 0. The van der Waals surface area contributed by atoms with Crippen molar-refractivity contribution in [3.63, 3.8) is 0 Å². The normalized spacial score (nSPS) is 10.0. The average molecular weight is 281 g/mol. The van der Waals surface area contributed by atoms with E-state index >= 15 is 0 Å². The predicted molar refractivity (Wildman–Crippen MR) is 84.2 cm³/mol. The van der Waals surface area contributed by atoms with Crippen molar-refractivity contribution in [2.24, 2.45) is 0 Å². The number of aryl methyl sites for hydroxylation is 1. The van der Waals surface area contributed by atoms with Gasteiger partial charge in [0.2, 0.25) is 0 Å². The predicted octanol–water partition coefficient (Wildman–Crippen LogP) is 2.87. The minimum Gasteiger partial charge on any atom is -0.373 e. The molecule has 0 bridgehead atoms. The highest BCUT2D eigenvalue weighted by Crippen LogP contribution is 2.20. The molecule has 108 valence electrons. The summed E-state index contributed by atoms with van der Waals surface area (Å²) in [6.07, 6.45) is 0.792. The standard InChI is InChI=1S/C16H19N5/c1-4-14-20-15(18-3)11(2)16(21-14)19-10-13-7-5-12(9-17)6-8-13/h5-8H,4,10H2,1-3H3,(H2,18,19,20,21). The first-order chi connectivity index (χ1) is 10.2. The highest BCUT2D eigenvalue weighted by Gasteiger charge is 2.08. The lowest BCUT2D eigenvalue weighted by Crippen LogP contribution is -2.09. The number of rotatable bonds is 5. The third kappa shape index (κ3) is 3.48. The Morgan fingerprint density at radius 2 is 1.81 bits per heavy atom. The molecule has 0 unspecified atom stereocenters. The van der Waals surface area contributed by atoms with Crippen LogP contribution in [0.4, 0.5) is 11.6 Å². The molecule has 1 aromatic heterocycles. The minimum absolute atomic E-state index is 0.663. The maximum absolute atomic E-state index is 8.80. The molecule has 0 amide bonds. The van der Waals surface area contributed by atoms with Gasteiger partial charge in [-0.25, -0.2) is 9.97 Å². The maximum Gasteiger partial charge on any atom is 0.135 e. The van der Waals surface area contributed by atoms with Crippen molar-refractivity contribution in [2.45, 2.75) is 26.8 Å². The number of anilines is 2. The molecule has 0 aliphatic heterocycles. The first-order valence-corrected chi connectivity index (χ1v) is 6.96. The van der Waals surface area contributed by atoms with Crippen molar-refractivity contribution < 1.29 is 0 Å². The molecule has 0 spiro atoms. The Kier molecular flexibility index (Phi) is 4.72. The molecule has 0 fully saturated rings. The summed E-state index contributed by atoms with van der Waals surface area (Å²) in [7, 11) is 1.86. The molecule has 2 N–H and O–H groups in total. The number of hydrogen-bond acceptors (Lipinski definition) is 5. The van der Waals surface area contributed by atoms with Crippen molar-refractivity contribution >= 4 is 11.6 Å². The van der Waals surface area contributed by atoms with Gasteiger partial charge < -0.3 is 10.6 Å². The van der Waals surface area contributed by atoms with Gasteiger partial charge in [0.25, 0.3) is 0 Å². The number of aromatic nitrogens is 2. The molecule has 5 nitrogen and oxygen atoms in total. The van der Waals surface area contributed by atoms with Crippen LogP contribution in [0.15, 0.2) is 24.3 Å². The van der Waals surface area contributed by atoms with Crippen LogP contribution in [0.5, 0.6) is 0 Å². The zero-order chi connectivity index (χ0) is 15.2. The Hall–Kier alpha value is -2.61. The molecular formula is C16H19N5. The van der Waals surface area contributed by atoms with E-state index in [1.165, 1.54) is 0 Å². The number of hydrogen-bond donors (Lipinski definition) is 2. The average Bonchev–Trinajstić information content (AvgIpc) is 2.54. The fraction of sp³-hybridized carbons (Fsp3) is 0.312. The van der Waals surface area contributed by atoms with Gasteiger partial charge in [0.1, 0.15) is 17.5 Å². The summed E-state index contributed by atoms with van der Waals surface area (Å²) in [5.74, 6) is 2.51. The van der Waals surface area contributed by atoms with Gasteiger partial charge >= 0.3 is 0 Å². The highest BCUT2D eigenvalue weighted by molar-refractivity contribution is 5.57. The molecule has 0 saturated heterocycles.